The van der Waals surface area contributed by atoms with Gasteiger partial charge in [0.1, 0.15) is 18.0 Å². The van der Waals surface area contributed by atoms with Crippen LogP contribution in [0, 0.1) is 0 Å². The minimum absolute atomic E-state index is 0.0703. The first kappa shape index (κ1) is 25.6. The minimum atomic E-state index is -5.36. The molecule has 0 aliphatic carbocycles. The Morgan fingerprint density at radius 3 is 2.11 bits per heavy atom. The van der Waals surface area contributed by atoms with Crippen LogP contribution < -0.4 is 10.6 Å². The fourth-order valence-corrected chi connectivity index (χ4v) is 3.67. The summed E-state index contributed by atoms with van der Waals surface area (Å²) in [5.74, 6) is -2.08. The molecule has 14 heteroatoms. The van der Waals surface area contributed by atoms with E-state index in [4.69, 9.17) is 0 Å². The molecule has 0 amide bonds. The maximum Gasteiger partial charge on any atom is 0.492 e. The summed E-state index contributed by atoms with van der Waals surface area (Å²) >= 11 is 0. The molecule has 1 heterocycles. The molecule has 3 rings (SSSR count). The van der Waals surface area contributed by atoms with Crippen molar-refractivity contribution in [2.75, 3.05) is 17.7 Å². The SMILES string of the molecule is CC(=O)c1ccc(Nc2cc(Nc3cccc(S(=O)(=O)N(C)OC(=O)C(F)(F)F)c3)ncn2)cc1. The summed E-state index contributed by atoms with van der Waals surface area (Å²) in [6, 6.07) is 13.3. The Morgan fingerprint density at radius 2 is 1.54 bits per heavy atom. The Kier molecular flexibility index (Phi) is 7.36. The number of benzene rings is 2. The van der Waals surface area contributed by atoms with Gasteiger partial charge in [0.25, 0.3) is 10.0 Å². The van der Waals surface area contributed by atoms with Crippen molar-refractivity contribution < 1.29 is 36.0 Å². The zero-order valence-corrected chi connectivity index (χ0v) is 19.0. The van der Waals surface area contributed by atoms with Crippen LogP contribution in [-0.4, -0.2) is 47.8 Å². The van der Waals surface area contributed by atoms with Crippen LogP contribution in [0.5, 0.6) is 0 Å². The van der Waals surface area contributed by atoms with Gasteiger partial charge >= 0.3 is 12.1 Å². The van der Waals surface area contributed by atoms with Crippen LogP contribution in [-0.2, 0) is 19.7 Å². The lowest BCUT2D eigenvalue weighted by Gasteiger charge is -2.17. The molecule has 0 saturated carbocycles. The number of carbonyl (C=O) groups is 2. The number of halogens is 3. The summed E-state index contributed by atoms with van der Waals surface area (Å²) in [6.45, 7) is 1.46. The quantitative estimate of drug-likeness (QED) is 0.344. The zero-order valence-electron chi connectivity index (χ0n) is 18.2. The van der Waals surface area contributed by atoms with E-state index in [1.807, 2.05) is 0 Å². The second kappa shape index (κ2) is 10.1. The molecule has 184 valence electrons. The van der Waals surface area contributed by atoms with E-state index in [1.165, 1.54) is 31.5 Å². The van der Waals surface area contributed by atoms with Crippen molar-refractivity contribution in [1.29, 1.82) is 0 Å². The lowest BCUT2D eigenvalue weighted by Crippen LogP contribution is -2.36. The summed E-state index contributed by atoms with van der Waals surface area (Å²) < 4.78 is 62.0. The number of nitrogens with zero attached hydrogens (tertiary/aromatic N) is 3. The van der Waals surface area contributed by atoms with Crippen LogP contribution in [0.3, 0.4) is 0 Å². The van der Waals surface area contributed by atoms with Gasteiger partial charge in [-0.25, -0.2) is 23.2 Å². The molecule has 0 radical (unpaired) electrons. The molecule has 2 N–H and O–H groups in total. The first-order valence-electron chi connectivity index (χ1n) is 9.71. The van der Waals surface area contributed by atoms with E-state index < -0.39 is 27.1 Å². The van der Waals surface area contributed by atoms with Crippen molar-refractivity contribution in [2.45, 2.75) is 18.0 Å². The number of hydroxylamine groups is 1. The number of sulfonamides is 1. The van der Waals surface area contributed by atoms with Gasteiger partial charge in [0.2, 0.25) is 0 Å². The Labute approximate surface area is 197 Å². The number of hydrogen-bond acceptors (Lipinski definition) is 9. The molecular formula is C21H18F3N5O5S. The molecule has 0 atom stereocenters. The van der Waals surface area contributed by atoms with Crippen molar-refractivity contribution >= 4 is 44.8 Å². The van der Waals surface area contributed by atoms with Crippen LogP contribution in [0.1, 0.15) is 17.3 Å². The summed E-state index contributed by atoms with van der Waals surface area (Å²) in [6.07, 6.45) is -4.11. The van der Waals surface area contributed by atoms with Crippen LogP contribution in [0.15, 0.2) is 65.8 Å². The smallest absolute Gasteiger partial charge is 0.345 e. The van der Waals surface area contributed by atoms with Gasteiger partial charge in [0.05, 0.1) is 4.90 Å². The Bertz CT molecular complexity index is 1350. The second-order valence-electron chi connectivity index (χ2n) is 6.99. The molecule has 0 bridgehead atoms. The monoisotopic (exact) mass is 509 g/mol. The minimum Gasteiger partial charge on any atom is -0.345 e. The maximum absolute atomic E-state index is 12.5. The molecule has 0 aliphatic rings. The van der Waals surface area contributed by atoms with E-state index in [9.17, 15) is 31.2 Å². The molecule has 1 aromatic heterocycles. The van der Waals surface area contributed by atoms with Crippen molar-refractivity contribution in [3.63, 3.8) is 0 Å². The average Bonchev–Trinajstić information content (AvgIpc) is 2.79. The van der Waals surface area contributed by atoms with E-state index in [0.717, 1.165) is 12.1 Å². The number of nitrogens with one attached hydrogen (secondary N) is 2. The highest BCUT2D eigenvalue weighted by atomic mass is 32.2. The normalized spacial score (nSPS) is 11.7. The molecule has 0 saturated heterocycles. The van der Waals surface area contributed by atoms with Gasteiger partial charge < -0.3 is 15.5 Å². The summed E-state index contributed by atoms with van der Waals surface area (Å²) in [5, 5.41) is 5.90. The number of ketones is 1. The highest BCUT2D eigenvalue weighted by molar-refractivity contribution is 7.89. The topological polar surface area (TPSA) is 131 Å². The van der Waals surface area contributed by atoms with E-state index in [1.54, 1.807) is 24.3 Å². The number of anilines is 4. The van der Waals surface area contributed by atoms with Gasteiger partial charge in [-0.3, -0.25) is 4.79 Å². The maximum atomic E-state index is 12.5. The summed E-state index contributed by atoms with van der Waals surface area (Å²) in [5.41, 5.74) is 1.44. The van der Waals surface area contributed by atoms with E-state index >= 15 is 0 Å². The summed E-state index contributed by atoms with van der Waals surface area (Å²) in [7, 11) is -3.92. The fourth-order valence-electron chi connectivity index (χ4n) is 2.68. The van der Waals surface area contributed by atoms with Gasteiger partial charge in [-0.05, 0) is 53.9 Å². The van der Waals surface area contributed by atoms with E-state index in [0.29, 0.717) is 24.1 Å². The van der Waals surface area contributed by atoms with Crippen LogP contribution in [0.4, 0.5) is 36.2 Å². The average molecular weight is 509 g/mol. The number of aromatic nitrogens is 2. The number of hydrogen-bond donors (Lipinski definition) is 2. The van der Waals surface area contributed by atoms with Gasteiger partial charge in [-0.1, -0.05) is 6.07 Å². The molecular weight excluding hydrogens is 491 g/mol. The molecule has 0 spiro atoms. The summed E-state index contributed by atoms with van der Waals surface area (Å²) in [4.78, 5) is 34.0. The van der Waals surface area contributed by atoms with Crippen molar-refractivity contribution in [3.8, 4) is 0 Å². The Balaban J connectivity index is 1.75. The molecule has 0 fully saturated rings. The third kappa shape index (κ3) is 6.51. The third-order valence-electron chi connectivity index (χ3n) is 4.42. The Hall–Kier alpha value is -4.04. The van der Waals surface area contributed by atoms with E-state index in [-0.39, 0.29) is 21.8 Å². The molecule has 10 nitrogen and oxygen atoms in total. The number of Topliss-reactive ketones (excluding diaryl/α,β-unsaturated/α-hetero) is 1. The lowest BCUT2D eigenvalue weighted by atomic mass is 10.1. The van der Waals surface area contributed by atoms with Crippen molar-refractivity contribution in [3.05, 3.63) is 66.5 Å². The van der Waals surface area contributed by atoms with Crippen LogP contribution in [0.2, 0.25) is 0 Å². The third-order valence-corrected chi connectivity index (χ3v) is 6.02. The first-order valence-corrected chi connectivity index (χ1v) is 11.2. The molecule has 35 heavy (non-hydrogen) atoms. The van der Waals surface area contributed by atoms with Crippen molar-refractivity contribution in [1.82, 2.24) is 14.4 Å². The van der Waals surface area contributed by atoms with Gasteiger partial charge in [0.15, 0.2) is 5.78 Å². The predicted octanol–water partition coefficient (Wildman–Crippen LogP) is 3.81. The first-order chi connectivity index (χ1) is 16.4. The Morgan fingerprint density at radius 1 is 0.943 bits per heavy atom. The highest BCUT2D eigenvalue weighted by Crippen LogP contribution is 2.24. The van der Waals surface area contributed by atoms with E-state index in [2.05, 4.69) is 25.4 Å². The van der Waals surface area contributed by atoms with Gasteiger partial charge in [0, 0.05) is 30.1 Å². The predicted molar refractivity (Wildman–Crippen MR) is 119 cm³/mol. The highest BCUT2D eigenvalue weighted by Gasteiger charge is 2.43. The molecule has 0 aliphatic heterocycles. The van der Waals surface area contributed by atoms with Crippen LogP contribution >= 0.6 is 0 Å². The van der Waals surface area contributed by atoms with Crippen molar-refractivity contribution in [2.24, 2.45) is 0 Å². The second-order valence-corrected chi connectivity index (χ2v) is 8.93. The van der Waals surface area contributed by atoms with Gasteiger partial charge in [-0.15, -0.1) is 0 Å². The number of alkyl halides is 3. The largest absolute Gasteiger partial charge is 0.492 e. The molecule has 2 aromatic carbocycles. The molecule has 3 aromatic rings. The molecule has 0 unspecified atom stereocenters. The number of rotatable bonds is 8. The van der Waals surface area contributed by atoms with Gasteiger partial charge in [-0.2, -0.15) is 13.2 Å². The zero-order chi connectivity index (χ0) is 25.8. The lowest BCUT2D eigenvalue weighted by molar-refractivity contribution is -0.219. The number of carbonyl (C=O) groups excluding carboxylic acids is 2. The van der Waals surface area contributed by atoms with Crippen LogP contribution in [0.25, 0.3) is 0 Å². The fraction of sp³-hybridized carbons (Fsp3) is 0.143. The standard InChI is InChI=1S/C21H18F3N5O5S/c1-13(30)14-6-8-15(9-7-14)27-18-11-19(26-12-25-18)28-16-4-3-5-17(10-16)35(32,33)29(2)34-20(31)21(22,23)24/h3-12H,1-2H3,(H2,25,26,27,28).